The number of nitrogen functional groups attached to an aromatic ring is 1. The summed E-state index contributed by atoms with van der Waals surface area (Å²) in [6.45, 7) is 0.745. The average Bonchev–Trinajstić information content (AvgIpc) is 2.57. The van der Waals surface area contributed by atoms with E-state index in [-0.39, 0.29) is 0 Å². The van der Waals surface area contributed by atoms with Crippen LogP contribution in [0, 0.1) is 6.20 Å². The molecular weight excluding hydrogens is 162 g/mol. The normalized spacial score (nSPS) is 10.2. The minimum atomic E-state index is 0.745. The van der Waals surface area contributed by atoms with Crippen molar-refractivity contribution in [2.75, 3.05) is 5.73 Å². The number of hydrogen-bond donors (Lipinski definition) is 1. The van der Waals surface area contributed by atoms with Crippen LogP contribution in [0.2, 0.25) is 0 Å². The molecule has 65 valence electrons. The Bertz CT molecular complexity index is 379. The minimum absolute atomic E-state index is 0.745. The molecule has 0 bridgehead atoms. The first kappa shape index (κ1) is 7.86. The first-order valence-corrected chi connectivity index (χ1v) is 4.08. The second-order valence-corrected chi connectivity index (χ2v) is 2.89. The highest BCUT2D eigenvalue weighted by Crippen LogP contribution is 2.07. The zero-order valence-electron chi connectivity index (χ0n) is 7.14. The van der Waals surface area contributed by atoms with E-state index in [2.05, 4.69) is 11.3 Å². The summed E-state index contributed by atoms with van der Waals surface area (Å²) >= 11 is 0. The van der Waals surface area contributed by atoms with Gasteiger partial charge in [-0.1, -0.05) is 12.1 Å². The molecule has 3 nitrogen and oxygen atoms in total. The highest BCUT2D eigenvalue weighted by atomic mass is 15.3. The van der Waals surface area contributed by atoms with Crippen LogP contribution in [0.3, 0.4) is 0 Å². The average molecular weight is 172 g/mol. The maximum atomic E-state index is 5.65. The molecule has 1 aromatic carbocycles. The van der Waals surface area contributed by atoms with Crippen molar-refractivity contribution in [2.45, 2.75) is 6.54 Å². The van der Waals surface area contributed by atoms with E-state index in [0.29, 0.717) is 0 Å². The zero-order chi connectivity index (χ0) is 9.10. The molecule has 1 radical (unpaired) electrons. The second kappa shape index (κ2) is 3.31. The molecule has 0 fully saturated rings. The topological polar surface area (TPSA) is 43.8 Å². The fourth-order valence-corrected chi connectivity index (χ4v) is 1.23. The highest BCUT2D eigenvalue weighted by Gasteiger charge is 1.94. The summed E-state index contributed by atoms with van der Waals surface area (Å²) in [7, 11) is 0. The van der Waals surface area contributed by atoms with Gasteiger partial charge in [0.15, 0.2) is 0 Å². The molecule has 1 heterocycles. The van der Waals surface area contributed by atoms with Crippen LogP contribution < -0.4 is 5.73 Å². The van der Waals surface area contributed by atoms with Crippen molar-refractivity contribution in [2.24, 2.45) is 0 Å². The molecule has 0 saturated heterocycles. The van der Waals surface area contributed by atoms with Gasteiger partial charge in [0.1, 0.15) is 6.20 Å². The number of benzene rings is 1. The third-order valence-electron chi connectivity index (χ3n) is 1.80. The van der Waals surface area contributed by atoms with Gasteiger partial charge >= 0.3 is 0 Å². The lowest BCUT2D eigenvalue weighted by atomic mass is 10.2. The van der Waals surface area contributed by atoms with E-state index in [1.165, 1.54) is 0 Å². The van der Waals surface area contributed by atoms with Crippen LogP contribution in [-0.2, 0) is 6.54 Å². The van der Waals surface area contributed by atoms with Gasteiger partial charge in [0, 0.05) is 11.9 Å². The Morgan fingerprint density at radius 3 is 3.08 bits per heavy atom. The van der Waals surface area contributed by atoms with E-state index in [1.54, 1.807) is 6.07 Å². The maximum absolute atomic E-state index is 5.65. The third kappa shape index (κ3) is 1.87. The van der Waals surface area contributed by atoms with Gasteiger partial charge in [0.2, 0.25) is 0 Å². The van der Waals surface area contributed by atoms with Gasteiger partial charge in [-0.3, -0.25) is 4.68 Å². The fourth-order valence-electron chi connectivity index (χ4n) is 1.23. The van der Waals surface area contributed by atoms with Gasteiger partial charge in [-0.15, -0.1) is 0 Å². The van der Waals surface area contributed by atoms with Crippen molar-refractivity contribution in [1.82, 2.24) is 9.78 Å². The summed E-state index contributed by atoms with van der Waals surface area (Å²) in [6, 6.07) is 9.57. The monoisotopic (exact) mass is 172 g/mol. The quantitative estimate of drug-likeness (QED) is 0.694. The van der Waals surface area contributed by atoms with Gasteiger partial charge in [-0.2, -0.15) is 5.10 Å². The molecule has 2 N–H and O–H groups in total. The smallest absolute Gasteiger partial charge is 0.113 e. The Morgan fingerprint density at radius 1 is 1.46 bits per heavy atom. The van der Waals surface area contributed by atoms with Crippen LogP contribution in [0.5, 0.6) is 0 Å². The molecule has 0 aliphatic heterocycles. The first-order chi connectivity index (χ1) is 6.34. The van der Waals surface area contributed by atoms with E-state index in [9.17, 15) is 0 Å². The summed E-state index contributed by atoms with van der Waals surface area (Å²) in [6.07, 6.45) is 4.62. The number of hydrogen-bond acceptors (Lipinski definition) is 2. The fraction of sp³-hybridized carbons (Fsp3) is 0.100. The maximum Gasteiger partial charge on any atom is 0.113 e. The lowest BCUT2D eigenvalue weighted by Crippen LogP contribution is -2.00. The number of rotatable bonds is 2. The van der Waals surface area contributed by atoms with Gasteiger partial charge in [0.05, 0.1) is 6.54 Å². The number of aromatic nitrogens is 2. The predicted octanol–water partition coefficient (Wildman–Crippen LogP) is 1.31. The molecule has 0 aliphatic rings. The Labute approximate surface area is 76.8 Å². The Hall–Kier alpha value is -1.77. The van der Waals surface area contributed by atoms with Crippen molar-refractivity contribution >= 4 is 5.69 Å². The summed E-state index contributed by atoms with van der Waals surface area (Å²) < 4.78 is 1.81. The van der Waals surface area contributed by atoms with Crippen LogP contribution in [0.1, 0.15) is 5.56 Å². The molecule has 0 aliphatic carbocycles. The molecule has 0 atom stereocenters. The van der Waals surface area contributed by atoms with Crippen LogP contribution in [0.25, 0.3) is 0 Å². The van der Waals surface area contributed by atoms with E-state index >= 15 is 0 Å². The predicted molar refractivity (Wildman–Crippen MR) is 51.0 cm³/mol. The van der Waals surface area contributed by atoms with Gasteiger partial charge < -0.3 is 5.73 Å². The molecule has 2 aromatic rings. The van der Waals surface area contributed by atoms with Crippen molar-refractivity contribution in [3.63, 3.8) is 0 Å². The summed E-state index contributed by atoms with van der Waals surface area (Å²) in [5.41, 5.74) is 7.59. The largest absolute Gasteiger partial charge is 0.399 e. The van der Waals surface area contributed by atoms with Crippen LogP contribution >= 0.6 is 0 Å². The molecule has 1 aromatic heterocycles. The van der Waals surface area contributed by atoms with Crippen LogP contribution in [0.4, 0.5) is 5.69 Å². The summed E-state index contributed by atoms with van der Waals surface area (Å²) in [5.74, 6) is 0. The van der Waals surface area contributed by atoms with Crippen LogP contribution in [0.15, 0.2) is 36.5 Å². The van der Waals surface area contributed by atoms with Crippen molar-refractivity contribution in [3.8, 4) is 0 Å². The summed E-state index contributed by atoms with van der Waals surface area (Å²) in [5, 5.41) is 3.99. The third-order valence-corrected chi connectivity index (χ3v) is 1.80. The molecule has 0 amide bonds. The second-order valence-electron chi connectivity index (χ2n) is 2.89. The van der Waals surface area contributed by atoms with E-state index in [0.717, 1.165) is 17.8 Å². The summed E-state index contributed by atoms with van der Waals surface area (Å²) in [4.78, 5) is 0. The van der Waals surface area contributed by atoms with E-state index in [4.69, 9.17) is 5.73 Å². The van der Waals surface area contributed by atoms with E-state index < -0.39 is 0 Å². The lowest BCUT2D eigenvalue weighted by molar-refractivity contribution is 0.685. The van der Waals surface area contributed by atoms with Gasteiger partial charge in [-0.05, 0) is 23.8 Å². The first-order valence-electron chi connectivity index (χ1n) is 4.08. The van der Waals surface area contributed by atoms with Crippen LogP contribution in [-0.4, -0.2) is 9.78 Å². The van der Waals surface area contributed by atoms with Crippen molar-refractivity contribution < 1.29 is 0 Å². The highest BCUT2D eigenvalue weighted by molar-refractivity contribution is 5.40. The molecule has 0 unspecified atom stereocenters. The lowest BCUT2D eigenvalue weighted by Gasteiger charge is -2.02. The number of nitrogens with two attached hydrogens (primary N) is 1. The molecular formula is C10H10N3. The standard InChI is InChI=1S/C10H10N3/c11-10-4-1-3-9(7-10)8-13-6-2-5-12-13/h1-4,6-7H,8,11H2. The molecule has 3 heteroatoms. The Morgan fingerprint density at radius 2 is 2.38 bits per heavy atom. The minimum Gasteiger partial charge on any atom is -0.399 e. The number of nitrogens with zero attached hydrogens (tertiary/aromatic N) is 2. The molecule has 0 saturated carbocycles. The molecule has 13 heavy (non-hydrogen) atoms. The van der Waals surface area contributed by atoms with Gasteiger partial charge in [-0.25, -0.2) is 0 Å². The number of anilines is 1. The molecule has 2 rings (SSSR count). The zero-order valence-corrected chi connectivity index (χ0v) is 7.14. The van der Waals surface area contributed by atoms with E-state index in [1.807, 2.05) is 35.1 Å². The van der Waals surface area contributed by atoms with Crippen molar-refractivity contribution in [3.05, 3.63) is 48.3 Å². The Kier molecular flexibility index (Phi) is 2.00. The Balaban J connectivity index is 2.19. The molecule has 0 spiro atoms. The van der Waals surface area contributed by atoms with Crippen molar-refractivity contribution in [1.29, 1.82) is 0 Å². The van der Waals surface area contributed by atoms with Gasteiger partial charge in [0.25, 0.3) is 0 Å². The SMILES string of the molecule is Nc1cccc(Cn2cc[c]n2)c1.